The fourth-order valence-corrected chi connectivity index (χ4v) is 1.94. The molecule has 6 heteroatoms. The molecule has 1 fully saturated rings. The number of nitrogens with two attached hydrogens (primary N) is 1. The third-order valence-electron chi connectivity index (χ3n) is 3.27. The Balaban J connectivity index is 2.01. The van der Waals surface area contributed by atoms with E-state index in [1.54, 1.807) is 43.0 Å². The number of carbonyl (C=O) groups excluding carboxylic acids is 2. The second-order valence-corrected chi connectivity index (χ2v) is 5.66. The quantitative estimate of drug-likeness (QED) is 0.864. The summed E-state index contributed by atoms with van der Waals surface area (Å²) in [6.07, 6.45) is 0. The standard InChI is InChI=1S/C15H21N3O3/c1-15(2,16)14(20)17-12-5-3-11(4-6-12)13(19)18-7-9-21-10-8-18/h3-6H,7-10,16H2,1-2H3,(H,17,20). The molecule has 1 aromatic carbocycles. The lowest BCUT2D eigenvalue weighted by Crippen LogP contribution is -2.45. The zero-order chi connectivity index (χ0) is 15.5. The fraction of sp³-hybridized carbons (Fsp3) is 0.467. The van der Waals surface area contributed by atoms with Crippen molar-refractivity contribution in [3.05, 3.63) is 29.8 Å². The average molecular weight is 291 g/mol. The second-order valence-electron chi connectivity index (χ2n) is 5.66. The Morgan fingerprint density at radius 3 is 2.29 bits per heavy atom. The van der Waals surface area contributed by atoms with E-state index in [1.165, 1.54) is 0 Å². The molecule has 0 radical (unpaired) electrons. The van der Waals surface area contributed by atoms with Gasteiger partial charge in [-0.15, -0.1) is 0 Å². The van der Waals surface area contributed by atoms with Crippen molar-refractivity contribution >= 4 is 17.5 Å². The van der Waals surface area contributed by atoms with Crippen LogP contribution in [0.15, 0.2) is 24.3 Å². The molecule has 0 atom stereocenters. The van der Waals surface area contributed by atoms with Crippen molar-refractivity contribution < 1.29 is 14.3 Å². The van der Waals surface area contributed by atoms with Gasteiger partial charge in [0, 0.05) is 24.3 Å². The number of nitrogens with zero attached hydrogens (tertiary/aromatic N) is 1. The average Bonchev–Trinajstić information content (AvgIpc) is 2.47. The summed E-state index contributed by atoms with van der Waals surface area (Å²) in [4.78, 5) is 25.8. The minimum absolute atomic E-state index is 0.0182. The van der Waals surface area contributed by atoms with Gasteiger partial charge in [-0.05, 0) is 38.1 Å². The van der Waals surface area contributed by atoms with Gasteiger partial charge in [-0.3, -0.25) is 9.59 Å². The maximum Gasteiger partial charge on any atom is 0.254 e. The zero-order valence-electron chi connectivity index (χ0n) is 12.4. The van der Waals surface area contributed by atoms with Gasteiger partial charge >= 0.3 is 0 Å². The predicted molar refractivity (Wildman–Crippen MR) is 80.1 cm³/mol. The van der Waals surface area contributed by atoms with Crippen molar-refractivity contribution in [2.75, 3.05) is 31.6 Å². The molecule has 2 amide bonds. The molecule has 1 aliphatic rings. The Morgan fingerprint density at radius 2 is 1.76 bits per heavy atom. The highest BCUT2D eigenvalue weighted by Gasteiger charge is 2.22. The number of hydrogen-bond acceptors (Lipinski definition) is 4. The molecule has 0 saturated carbocycles. The number of anilines is 1. The van der Waals surface area contributed by atoms with Crippen molar-refractivity contribution in [1.82, 2.24) is 4.90 Å². The van der Waals surface area contributed by atoms with Gasteiger partial charge < -0.3 is 20.7 Å². The van der Waals surface area contributed by atoms with Gasteiger partial charge in [0.15, 0.2) is 0 Å². The molecule has 114 valence electrons. The molecule has 0 aliphatic carbocycles. The first kappa shape index (κ1) is 15.5. The maximum atomic E-state index is 12.3. The predicted octanol–water partition coefficient (Wildman–Crippen LogP) is 0.835. The van der Waals surface area contributed by atoms with Gasteiger partial charge in [-0.25, -0.2) is 0 Å². The molecule has 6 nitrogen and oxygen atoms in total. The molecule has 1 heterocycles. The van der Waals surface area contributed by atoms with Gasteiger partial charge in [-0.2, -0.15) is 0 Å². The summed E-state index contributed by atoms with van der Waals surface area (Å²) in [5.41, 5.74) is 6.00. The molecular weight excluding hydrogens is 270 g/mol. The lowest BCUT2D eigenvalue weighted by atomic mass is 10.1. The lowest BCUT2D eigenvalue weighted by molar-refractivity contribution is -0.120. The number of hydrogen-bond donors (Lipinski definition) is 2. The van der Waals surface area contributed by atoms with Crippen LogP contribution in [0.25, 0.3) is 0 Å². The van der Waals surface area contributed by atoms with Crippen LogP contribution in [-0.2, 0) is 9.53 Å². The number of nitrogens with one attached hydrogen (secondary N) is 1. The summed E-state index contributed by atoms with van der Waals surface area (Å²) in [7, 11) is 0. The van der Waals surface area contributed by atoms with Gasteiger partial charge in [-0.1, -0.05) is 0 Å². The van der Waals surface area contributed by atoms with E-state index in [0.717, 1.165) is 0 Å². The molecule has 0 bridgehead atoms. The lowest BCUT2D eigenvalue weighted by Gasteiger charge is -2.27. The van der Waals surface area contributed by atoms with Crippen LogP contribution < -0.4 is 11.1 Å². The van der Waals surface area contributed by atoms with Crippen molar-refractivity contribution in [2.45, 2.75) is 19.4 Å². The Kier molecular flexibility index (Phi) is 4.59. The Hall–Kier alpha value is -1.92. The van der Waals surface area contributed by atoms with E-state index in [4.69, 9.17) is 10.5 Å². The van der Waals surface area contributed by atoms with Gasteiger partial charge in [0.05, 0.1) is 18.8 Å². The SMILES string of the molecule is CC(C)(N)C(=O)Nc1ccc(C(=O)N2CCOCC2)cc1. The minimum atomic E-state index is -0.942. The molecule has 21 heavy (non-hydrogen) atoms. The van der Waals surface area contributed by atoms with Crippen molar-refractivity contribution in [3.8, 4) is 0 Å². The van der Waals surface area contributed by atoms with E-state index < -0.39 is 5.54 Å². The molecule has 1 aliphatic heterocycles. The van der Waals surface area contributed by atoms with Crippen molar-refractivity contribution in [3.63, 3.8) is 0 Å². The zero-order valence-corrected chi connectivity index (χ0v) is 12.4. The Bertz CT molecular complexity index is 514. The van der Waals surface area contributed by atoms with Crippen LogP contribution in [0.5, 0.6) is 0 Å². The summed E-state index contributed by atoms with van der Waals surface area (Å²) in [5, 5.41) is 2.72. The van der Waals surface area contributed by atoms with E-state index in [-0.39, 0.29) is 11.8 Å². The van der Waals surface area contributed by atoms with Crippen LogP contribution in [-0.4, -0.2) is 48.6 Å². The number of carbonyl (C=O) groups is 2. The van der Waals surface area contributed by atoms with E-state index >= 15 is 0 Å². The number of ether oxygens (including phenoxy) is 1. The van der Waals surface area contributed by atoms with Crippen LogP contribution in [0.2, 0.25) is 0 Å². The second kappa shape index (κ2) is 6.24. The minimum Gasteiger partial charge on any atom is -0.378 e. The highest BCUT2D eigenvalue weighted by molar-refractivity contribution is 5.98. The Morgan fingerprint density at radius 1 is 1.19 bits per heavy atom. The van der Waals surface area contributed by atoms with Crippen molar-refractivity contribution in [2.24, 2.45) is 5.73 Å². The molecule has 3 N–H and O–H groups in total. The normalized spacial score (nSPS) is 15.7. The third-order valence-corrected chi connectivity index (χ3v) is 3.27. The van der Waals surface area contributed by atoms with Gasteiger partial charge in [0.25, 0.3) is 5.91 Å². The highest BCUT2D eigenvalue weighted by Crippen LogP contribution is 2.14. The smallest absolute Gasteiger partial charge is 0.254 e. The van der Waals surface area contributed by atoms with Gasteiger partial charge in [0.1, 0.15) is 0 Å². The topological polar surface area (TPSA) is 84.7 Å². The highest BCUT2D eigenvalue weighted by atomic mass is 16.5. The number of rotatable bonds is 3. The number of benzene rings is 1. The first-order chi connectivity index (χ1) is 9.88. The summed E-state index contributed by atoms with van der Waals surface area (Å²) in [5.74, 6) is -0.287. The van der Waals surface area contributed by atoms with E-state index in [9.17, 15) is 9.59 Å². The monoisotopic (exact) mass is 291 g/mol. The van der Waals surface area contributed by atoms with E-state index in [0.29, 0.717) is 37.6 Å². The van der Waals surface area contributed by atoms with Crippen LogP contribution in [0.3, 0.4) is 0 Å². The van der Waals surface area contributed by atoms with Crippen LogP contribution >= 0.6 is 0 Å². The summed E-state index contributed by atoms with van der Waals surface area (Å²) in [6.45, 7) is 5.64. The molecule has 2 rings (SSSR count). The molecule has 0 aromatic heterocycles. The number of morpholine rings is 1. The summed E-state index contributed by atoms with van der Waals surface area (Å²) >= 11 is 0. The summed E-state index contributed by atoms with van der Waals surface area (Å²) in [6, 6.07) is 6.82. The molecule has 0 spiro atoms. The molecule has 1 aromatic rings. The van der Waals surface area contributed by atoms with Gasteiger partial charge in [0.2, 0.25) is 5.91 Å². The van der Waals surface area contributed by atoms with Crippen LogP contribution in [0.4, 0.5) is 5.69 Å². The van der Waals surface area contributed by atoms with E-state index in [2.05, 4.69) is 5.32 Å². The first-order valence-electron chi connectivity index (χ1n) is 6.95. The fourth-order valence-electron chi connectivity index (χ4n) is 1.94. The van der Waals surface area contributed by atoms with Crippen molar-refractivity contribution in [1.29, 1.82) is 0 Å². The number of amides is 2. The third kappa shape index (κ3) is 4.03. The van der Waals surface area contributed by atoms with E-state index in [1.807, 2.05) is 0 Å². The molecule has 0 unspecified atom stereocenters. The molecular formula is C15H21N3O3. The maximum absolute atomic E-state index is 12.3. The van der Waals surface area contributed by atoms with Crippen LogP contribution in [0.1, 0.15) is 24.2 Å². The van der Waals surface area contributed by atoms with Crippen LogP contribution in [0, 0.1) is 0 Å². The summed E-state index contributed by atoms with van der Waals surface area (Å²) < 4.78 is 5.23. The first-order valence-corrected chi connectivity index (χ1v) is 6.95. The Labute approximate surface area is 124 Å². The largest absolute Gasteiger partial charge is 0.378 e. The molecule has 1 saturated heterocycles.